The largest absolute Gasteiger partial charge is 0.586 e. The molecule has 170 valence electrons. The molecule has 1 aliphatic carbocycles. The fraction of sp³-hybridized carbons (Fsp3) is 0.320. The third kappa shape index (κ3) is 3.79. The van der Waals surface area contributed by atoms with Gasteiger partial charge in [0.2, 0.25) is 5.88 Å². The lowest BCUT2D eigenvalue weighted by Gasteiger charge is -2.16. The molecule has 2 aromatic heterocycles. The maximum absolute atomic E-state index is 13.4. The number of Topliss-reactive ketones (excluding diaryl/α,β-unsaturated/α-hetero) is 1. The SMILES string of the molecule is COc1cc(C)c(-c2nc(CC(=O)C3(c4ccc5c(c4)OC(F)(F)O5)CC3)ccc2C)cn1. The van der Waals surface area contributed by atoms with E-state index in [1.165, 1.54) is 12.1 Å². The minimum absolute atomic E-state index is 0.00000595. The maximum atomic E-state index is 13.4. The first-order chi connectivity index (χ1) is 15.7. The molecule has 0 amide bonds. The number of ether oxygens (including phenoxy) is 3. The number of rotatable bonds is 6. The van der Waals surface area contributed by atoms with Crippen LogP contribution in [0.4, 0.5) is 8.78 Å². The molecule has 0 radical (unpaired) electrons. The van der Waals surface area contributed by atoms with Crippen molar-refractivity contribution in [2.24, 2.45) is 0 Å². The summed E-state index contributed by atoms with van der Waals surface area (Å²) >= 11 is 0. The molecule has 0 saturated heterocycles. The van der Waals surface area contributed by atoms with E-state index in [1.807, 2.05) is 32.0 Å². The number of carbonyl (C=O) groups is 1. The number of nitrogens with zero attached hydrogens (tertiary/aromatic N) is 2. The Morgan fingerprint density at radius 3 is 2.52 bits per heavy atom. The normalized spacial score (nSPS) is 17.0. The Balaban J connectivity index is 1.40. The Morgan fingerprint density at radius 2 is 1.82 bits per heavy atom. The van der Waals surface area contributed by atoms with Crippen molar-refractivity contribution in [1.82, 2.24) is 9.97 Å². The van der Waals surface area contributed by atoms with Crippen LogP contribution < -0.4 is 14.2 Å². The van der Waals surface area contributed by atoms with Crippen molar-refractivity contribution in [3.63, 3.8) is 0 Å². The average molecular weight is 452 g/mol. The zero-order valence-corrected chi connectivity index (χ0v) is 18.4. The van der Waals surface area contributed by atoms with E-state index in [1.54, 1.807) is 19.4 Å². The molecule has 1 aliphatic heterocycles. The second-order valence-corrected chi connectivity index (χ2v) is 8.52. The van der Waals surface area contributed by atoms with E-state index in [9.17, 15) is 13.6 Å². The fourth-order valence-corrected chi connectivity index (χ4v) is 4.26. The second-order valence-electron chi connectivity index (χ2n) is 8.52. The fourth-order valence-electron chi connectivity index (χ4n) is 4.26. The Kier molecular flexibility index (Phi) is 4.84. The molecular formula is C25H22F2N2O4. The zero-order valence-electron chi connectivity index (χ0n) is 18.4. The van der Waals surface area contributed by atoms with Crippen LogP contribution in [0.25, 0.3) is 11.3 Å². The van der Waals surface area contributed by atoms with Crippen LogP contribution in [0.5, 0.6) is 17.4 Å². The summed E-state index contributed by atoms with van der Waals surface area (Å²) in [5.41, 5.74) is 4.18. The minimum Gasteiger partial charge on any atom is -0.481 e. The highest BCUT2D eigenvalue weighted by molar-refractivity contribution is 5.94. The third-order valence-electron chi connectivity index (χ3n) is 6.28. The molecule has 1 aromatic carbocycles. The van der Waals surface area contributed by atoms with Gasteiger partial charge in [-0.25, -0.2) is 4.98 Å². The molecule has 0 spiro atoms. The summed E-state index contributed by atoms with van der Waals surface area (Å²) in [5, 5.41) is 0. The third-order valence-corrected chi connectivity index (χ3v) is 6.28. The van der Waals surface area contributed by atoms with Gasteiger partial charge in [0.1, 0.15) is 5.78 Å². The summed E-state index contributed by atoms with van der Waals surface area (Å²) in [6, 6.07) is 10.2. The van der Waals surface area contributed by atoms with Crippen LogP contribution in [0.2, 0.25) is 0 Å². The molecule has 1 saturated carbocycles. The molecule has 33 heavy (non-hydrogen) atoms. The van der Waals surface area contributed by atoms with Gasteiger partial charge in [-0.05, 0) is 61.6 Å². The Hall–Kier alpha value is -3.55. The number of aryl methyl sites for hydroxylation is 2. The van der Waals surface area contributed by atoms with Gasteiger partial charge in [0.25, 0.3) is 0 Å². The molecule has 8 heteroatoms. The summed E-state index contributed by atoms with van der Waals surface area (Å²) in [7, 11) is 1.57. The van der Waals surface area contributed by atoms with E-state index in [2.05, 4.69) is 14.5 Å². The monoisotopic (exact) mass is 452 g/mol. The first-order valence-corrected chi connectivity index (χ1v) is 10.6. The van der Waals surface area contributed by atoms with Crippen LogP contribution in [0.3, 0.4) is 0 Å². The van der Waals surface area contributed by atoms with E-state index in [0.717, 1.165) is 22.4 Å². The quantitative estimate of drug-likeness (QED) is 0.528. The number of pyridine rings is 2. The van der Waals surface area contributed by atoms with Gasteiger partial charge in [-0.2, -0.15) is 0 Å². The lowest BCUT2D eigenvalue weighted by Crippen LogP contribution is -2.26. The minimum atomic E-state index is -3.68. The number of ketones is 1. The van der Waals surface area contributed by atoms with Crippen molar-refractivity contribution in [3.05, 3.63) is 65.0 Å². The van der Waals surface area contributed by atoms with Crippen molar-refractivity contribution < 1.29 is 27.8 Å². The lowest BCUT2D eigenvalue weighted by atomic mass is 9.88. The van der Waals surface area contributed by atoms with E-state index in [-0.39, 0.29) is 23.7 Å². The standard InChI is InChI=1S/C25H22F2N2O4/c1-14-4-6-17(29-23(14)18-13-28-22(31-3)10-15(18)2)12-21(30)24(8-9-24)16-5-7-19-20(11-16)33-25(26,27)32-19/h4-7,10-11,13H,8-9,12H2,1-3H3. The molecule has 1 fully saturated rings. The number of alkyl halides is 2. The summed E-state index contributed by atoms with van der Waals surface area (Å²) in [5.74, 6) is 0.451. The lowest BCUT2D eigenvalue weighted by molar-refractivity contribution is -0.286. The number of hydrogen-bond acceptors (Lipinski definition) is 6. The van der Waals surface area contributed by atoms with E-state index in [4.69, 9.17) is 9.72 Å². The summed E-state index contributed by atoms with van der Waals surface area (Å²) in [6.07, 6.45) is -0.511. The Bertz CT molecular complexity index is 1270. The van der Waals surface area contributed by atoms with Gasteiger partial charge in [-0.1, -0.05) is 12.1 Å². The van der Waals surface area contributed by atoms with Gasteiger partial charge >= 0.3 is 6.29 Å². The number of benzene rings is 1. The number of methoxy groups -OCH3 is 1. The van der Waals surface area contributed by atoms with Crippen LogP contribution in [0.1, 0.15) is 35.2 Å². The Morgan fingerprint density at radius 1 is 1.06 bits per heavy atom. The number of fused-ring (bicyclic) bond motifs is 1. The van der Waals surface area contributed by atoms with Crippen LogP contribution in [0, 0.1) is 13.8 Å². The van der Waals surface area contributed by atoms with Gasteiger partial charge in [0.15, 0.2) is 11.5 Å². The molecule has 2 aliphatic rings. The summed E-state index contributed by atoms with van der Waals surface area (Å²) in [4.78, 5) is 22.4. The van der Waals surface area contributed by atoms with E-state index in [0.29, 0.717) is 30.0 Å². The predicted octanol–water partition coefficient (Wildman–Crippen LogP) is 4.93. The van der Waals surface area contributed by atoms with E-state index < -0.39 is 11.7 Å². The molecule has 0 bridgehead atoms. The van der Waals surface area contributed by atoms with Gasteiger partial charge in [0, 0.05) is 29.9 Å². The molecule has 3 heterocycles. The zero-order chi connectivity index (χ0) is 23.4. The van der Waals surface area contributed by atoms with Crippen LogP contribution in [-0.2, 0) is 16.6 Å². The van der Waals surface area contributed by atoms with E-state index >= 15 is 0 Å². The highest BCUT2D eigenvalue weighted by atomic mass is 19.3. The Labute approximate surface area is 189 Å². The van der Waals surface area contributed by atoms with Crippen molar-refractivity contribution in [2.75, 3.05) is 7.11 Å². The van der Waals surface area contributed by atoms with Gasteiger partial charge in [-0.3, -0.25) is 9.78 Å². The number of hydrogen-bond donors (Lipinski definition) is 0. The number of aromatic nitrogens is 2. The van der Waals surface area contributed by atoms with Crippen molar-refractivity contribution in [1.29, 1.82) is 0 Å². The van der Waals surface area contributed by atoms with Crippen molar-refractivity contribution >= 4 is 5.78 Å². The first kappa shape index (κ1) is 21.3. The molecule has 0 atom stereocenters. The highest BCUT2D eigenvalue weighted by Gasteiger charge is 2.52. The maximum Gasteiger partial charge on any atom is 0.586 e. The smallest absolute Gasteiger partial charge is 0.481 e. The number of halogens is 2. The molecule has 3 aromatic rings. The van der Waals surface area contributed by atoms with Crippen LogP contribution in [-0.4, -0.2) is 29.2 Å². The van der Waals surface area contributed by atoms with Gasteiger partial charge < -0.3 is 14.2 Å². The van der Waals surface area contributed by atoms with Crippen molar-refractivity contribution in [3.8, 4) is 28.6 Å². The highest BCUT2D eigenvalue weighted by Crippen LogP contribution is 2.52. The molecule has 5 rings (SSSR count). The predicted molar refractivity (Wildman–Crippen MR) is 116 cm³/mol. The summed E-state index contributed by atoms with van der Waals surface area (Å²) in [6.45, 7) is 3.92. The van der Waals surface area contributed by atoms with Crippen molar-refractivity contribution in [2.45, 2.75) is 44.8 Å². The van der Waals surface area contributed by atoms with Gasteiger partial charge in [-0.15, -0.1) is 8.78 Å². The molecule has 0 N–H and O–H groups in total. The van der Waals surface area contributed by atoms with Crippen LogP contribution >= 0.6 is 0 Å². The van der Waals surface area contributed by atoms with Gasteiger partial charge in [0.05, 0.1) is 18.2 Å². The molecular weight excluding hydrogens is 430 g/mol. The summed E-state index contributed by atoms with van der Waals surface area (Å²) < 4.78 is 41.0. The number of carbonyl (C=O) groups excluding carboxylic acids is 1. The second kappa shape index (κ2) is 7.50. The molecule has 0 unspecified atom stereocenters. The topological polar surface area (TPSA) is 70.5 Å². The first-order valence-electron chi connectivity index (χ1n) is 10.6. The average Bonchev–Trinajstić information content (AvgIpc) is 3.52. The van der Waals surface area contributed by atoms with Crippen LogP contribution in [0.15, 0.2) is 42.6 Å². The molecule has 6 nitrogen and oxygen atoms in total.